The van der Waals surface area contributed by atoms with Crippen molar-refractivity contribution in [3.8, 4) is 0 Å². The standard InChI is InChI=1S/C21H34N4O5S2/c1-30-15-6-10-22-20(26)17-24-11-13-25(14-12-24)21(27)19(9-16-31-2)23-32(28,29)18-7-4-3-5-8-18/h3-5,7-8,19,23H,6,9-17H2,1-2H3,(H,22,26). The van der Waals surface area contributed by atoms with E-state index < -0.39 is 16.1 Å². The number of carbonyl (C=O) groups excluding carboxylic acids is 2. The molecule has 32 heavy (non-hydrogen) atoms. The summed E-state index contributed by atoms with van der Waals surface area (Å²) < 4.78 is 33.1. The molecule has 1 aromatic rings. The summed E-state index contributed by atoms with van der Waals surface area (Å²) in [5.41, 5.74) is 0. The molecule has 1 unspecified atom stereocenters. The molecule has 0 aliphatic carbocycles. The summed E-state index contributed by atoms with van der Waals surface area (Å²) in [4.78, 5) is 29.0. The predicted octanol–water partition coefficient (Wildman–Crippen LogP) is 0.384. The molecule has 1 aliphatic heterocycles. The summed E-state index contributed by atoms with van der Waals surface area (Å²) in [5, 5.41) is 2.86. The molecular weight excluding hydrogens is 452 g/mol. The fraction of sp³-hybridized carbons (Fsp3) is 0.619. The Morgan fingerprint density at radius 2 is 1.84 bits per heavy atom. The van der Waals surface area contributed by atoms with Crippen molar-refractivity contribution in [3.05, 3.63) is 30.3 Å². The van der Waals surface area contributed by atoms with Crippen LogP contribution in [0.15, 0.2) is 35.2 Å². The van der Waals surface area contributed by atoms with Gasteiger partial charge in [-0.2, -0.15) is 16.5 Å². The van der Waals surface area contributed by atoms with Gasteiger partial charge in [-0.1, -0.05) is 18.2 Å². The number of benzene rings is 1. The second-order valence-electron chi connectivity index (χ2n) is 7.57. The molecule has 2 amide bonds. The zero-order valence-electron chi connectivity index (χ0n) is 18.8. The zero-order valence-corrected chi connectivity index (χ0v) is 20.4. The molecule has 1 heterocycles. The number of piperazine rings is 1. The summed E-state index contributed by atoms with van der Waals surface area (Å²) in [6.07, 6.45) is 3.10. The maximum Gasteiger partial charge on any atom is 0.241 e. The van der Waals surface area contributed by atoms with Gasteiger partial charge in [0.25, 0.3) is 0 Å². The first-order valence-corrected chi connectivity index (χ1v) is 13.6. The number of amides is 2. The smallest absolute Gasteiger partial charge is 0.241 e. The Morgan fingerprint density at radius 3 is 2.47 bits per heavy atom. The Bertz CT molecular complexity index is 815. The molecule has 0 aromatic heterocycles. The van der Waals surface area contributed by atoms with Crippen LogP contribution in [0, 0.1) is 0 Å². The highest BCUT2D eigenvalue weighted by Gasteiger charge is 2.31. The monoisotopic (exact) mass is 486 g/mol. The van der Waals surface area contributed by atoms with Crippen LogP contribution in [0.5, 0.6) is 0 Å². The van der Waals surface area contributed by atoms with E-state index in [2.05, 4.69) is 10.0 Å². The van der Waals surface area contributed by atoms with Gasteiger partial charge in [0, 0.05) is 46.4 Å². The molecule has 1 aliphatic rings. The molecule has 1 fully saturated rings. The highest BCUT2D eigenvalue weighted by molar-refractivity contribution is 7.98. The molecule has 11 heteroatoms. The lowest BCUT2D eigenvalue weighted by Gasteiger charge is -2.36. The van der Waals surface area contributed by atoms with E-state index in [0.717, 1.165) is 6.42 Å². The van der Waals surface area contributed by atoms with Crippen LogP contribution in [0.2, 0.25) is 0 Å². The maximum absolute atomic E-state index is 13.1. The second-order valence-corrected chi connectivity index (χ2v) is 10.3. The molecule has 0 spiro atoms. The number of nitrogens with one attached hydrogen (secondary N) is 2. The minimum Gasteiger partial charge on any atom is -0.385 e. The molecule has 0 radical (unpaired) electrons. The number of rotatable bonds is 13. The zero-order chi connectivity index (χ0) is 23.4. The van der Waals surface area contributed by atoms with Crippen LogP contribution in [0.1, 0.15) is 12.8 Å². The first-order valence-electron chi connectivity index (χ1n) is 10.7. The topological polar surface area (TPSA) is 108 Å². The minimum atomic E-state index is -3.79. The van der Waals surface area contributed by atoms with E-state index in [-0.39, 0.29) is 23.3 Å². The largest absolute Gasteiger partial charge is 0.385 e. The molecular formula is C21H34N4O5S2. The lowest BCUT2D eigenvalue weighted by atomic mass is 10.2. The second kappa shape index (κ2) is 13.8. The number of hydrogen-bond acceptors (Lipinski definition) is 7. The van der Waals surface area contributed by atoms with Crippen molar-refractivity contribution in [2.75, 3.05) is 65.0 Å². The minimum absolute atomic E-state index is 0.0469. The van der Waals surface area contributed by atoms with E-state index in [1.807, 2.05) is 11.2 Å². The summed E-state index contributed by atoms with van der Waals surface area (Å²) in [7, 11) is -2.17. The van der Waals surface area contributed by atoms with Gasteiger partial charge in [0.05, 0.1) is 11.4 Å². The molecule has 180 valence electrons. The molecule has 0 saturated carbocycles. The molecule has 2 rings (SSSR count). The fourth-order valence-electron chi connectivity index (χ4n) is 3.37. The van der Waals surface area contributed by atoms with Crippen molar-refractivity contribution in [1.29, 1.82) is 0 Å². The lowest BCUT2D eigenvalue weighted by molar-refractivity contribution is -0.135. The van der Waals surface area contributed by atoms with E-state index in [0.29, 0.717) is 51.5 Å². The Morgan fingerprint density at radius 1 is 1.16 bits per heavy atom. The Labute approximate surface area is 195 Å². The van der Waals surface area contributed by atoms with Crippen molar-refractivity contribution in [2.24, 2.45) is 0 Å². The van der Waals surface area contributed by atoms with Gasteiger partial charge in [-0.15, -0.1) is 0 Å². The maximum atomic E-state index is 13.1. The highest BCUT2D eigenvalue weighted by Crippen LogP contribution is 2.13. The Kier molecular flexibility index (Phi) is 11.5. The van der Waals surface area contributed by atoms with Gasteiger partial charge in [0.15, 0.2) is 0 Å². The van der Waals surface area contributed by atoms with Crippen molar-refractivity contribution >= 4 is 33.6 Å². The van der Waals surface area contributed by atoms with E-state index in [9.17, 15) is 18.0 Å². The Balaban J connectivity index is 1.89. The third kappa shape index (κ3) is 8.70. The molecule has 2 N–H and O–H groups in total. The highest BCUT2D eigenvalue weighted by atomic mass is 32.2. The first-order chi connectivity index (χ1) is 15.4. The summed E-state index contributed by atoms with van der Waals surface area (Å²) >= 11 is 1.57. The number of methoxy groups -OCH3 is 1. The molecule has 1 aromatic carbocycles. The fourth-order valence-corrected chi connectivity index (χ4v) is 5.09. The van der Waals surface area contributed by atoms with E-state index >= 15 is 0 Å². The summed E-state index contributed by atoms with van der Waals surface area (Å²) in [6, 6.07) is 7.26. The van der Waals surface area contributed by atoms with Gasteiger partial charge >= 0.3 is 0 Å². The molecule has 9 nitrogen and oxygen atoms in total. The van der Waals surface area contributed by atoms with Crippen molar-refractivity contribution in [3.63, 3.8) is 0 Å². The number of nitrogens with zero attached hydrogens (tertiary/aromatic N) is 2. The van der Waals surface area contributed by atoms with E-state index in [4.69, 9.17) is 4.74 Å². The lowest BCUT2D eigenvalue weighted by Crippen LogP contribution is -2.56. The summed E-state index contributed by atoms with van der Waals surface area (Å²) in [6.45, 7) is 3.51. The van der Waals surface area contributed by atoms with Crippen LogP contribution in [-0.2, 0) is 24.3 Å². The number of hydrogen-bond donors (Lipinski definition) is 2. The number of thioether (sulfide) groups is 1. The van der Waals surface area contributed by atoms with Crippen molar-refractivity contribution in [1.82, 2.24) is 19.8 Å². The summed E-state index contributed by atoms with van der Waals surface area (Å²) in [5.74, 6) is 0.397. The van der Waals surface area contributed by atoms with Gasteiger partial charge in [0.2, 0.25) is 21.8 Å². The van der Waals surface area contributed by atoms with Crippen molar-refractivity contribution in [2.45, 2.75) is 23.8 Å². The molecule has 1 saturated heterocycles. The van der Waals surface area contributed by atoms with E-state index in [1.165, 1.54) is 12.1 Å². The van der Waals surface area contributed by atoms with Crippen LogP contribution in [0.3, 0.4) is 0 Å². The molecule has 0 bridgehead atoms. The van der Waals surface area contributed by atoms with E-state index in [1.54, 1.807) is 42.0 Å². The van der Waals surface area contributed by atoms with Gasteiger partial charge < -0.3 is 15.0 Å². The SMILES string of the molecule is COCCCNC(=O)CN1CCN(C(=O)C(CCSC)NS(=O)(=O)c2ccccc2)CC1. The van der Waals surface area contributed by atoms with Crippen LogP contribution < -0.4 is 10.0 Å². The van der Waals surface area contributed by atoms with Gasteiger partial charge in [-0.05, 0) is 37.0 Å². The quantitative estimate of drug-likeness (QED) is 0.388. The normalized spacial score (nSPS) is 16.0. The number of sulfonamides is 1. The van der Waals surface area contributed by atoms with Crippen LogP contribution in [0.4, 0.5) is 0 Å². The average molecular weight is 487 g/mol. The molecule has 1 atom stereocenters. The van der Waals surface area contributed by atoms with Crippen LogP contribution >= 0.6 is 11.8 Å². The van der Waals surface area contributed by atoms with Gasteiger partial charge in [-0.3, -0.25) is 14.5 Å². The predicted molar refractivity (Wildman–Crippen MR) is 126 cm³/mol. The Hall–Kier alpha value is -1.66. The number of carbonyl (C=O) groups is 2. The van der Waals surface area contributed by atoms with Crippen LogP contribution in [-0.4, -0.2) is 101 Å². The van der Waals surface area contributed by atoms with Gasteiger partial charge in [0.1, 0.15) is 6.04 Å². The first kappa shape index (κ1) is 26.6. The average Bonchev–Trinajstić information content (AvgIpc) is 2.80. The third-order valence-electron chi connectivity index (χ3n) is 5.16. The van der Waals surface area contributed by atoms with Gasteiger partial charge in [-0.25, -0.2) is 8.42 Å². The third-order valence-corrected chi connectivity index (χ3v) is 7.29. The van der Waals surface area contributed by atoms with Crippen LogP contribution in [0.25, 0.3) is 0 Å². The van der Waals surface area contributed by atoms with Crippen molar-refractivity contribution < 1.29 is 22.7 Å². The number of ether oxygens (including phenoxy) is 1.